The zero-order valence-electron chi connectivity index (χ0n) is 14.9. The smallest absolute Gasteiger partial charge is 0.102 e. The van der Waals surface area contributed by atoms with Crippen LogP contribution in [0.15, 0.2) is 24.3 Å². The fraction of sp³-hybridized carbons (Fsp3) is 0.636. The molecule has 2 aliphatic rings. The van der Waals surface area contributed by atoms with E-state index in [0.717, 1.165) is 0 Å². The molecule has 1 aromatic carbocycles. The second-order valence-electron chi connectivity index (χ2n) is 7.23. The first-order valence-electron chi connectivity index (χ1n) is 9.82. The number of hydrogen-bond donors (Lipinski definition) is 0. The highest BCUT2D eigenvalue weighted by atomic mass is 16.5. The van der Waals surface area contributed by atoms with Gasteiger partial charge in [-0.2, -0.15) is 0 Å². The first kappa shape index (κ1) is 16.8. The lowest BCUT2D eigenvalue weighted by atomic mass is 9.88. The Morgan fingerprint density at radius 3 is 1.61 bits per heavy atom. The van der Waals surface area contributed by atoms with Crippen LogP contribution in [-0.4, -0.2) is 0 Å². The molecule has 23 heavy (non-hydrogen) atoms. The number of rotatable bonds is 10. The Morgan fingerprint density at radius 1 is 0.696 bits per heavy atom. The van der Waals surface area contributed by atoms with Crippen LogP contribution >= 0.6 is 0 Å². The highest BCUT2D eigenvalue weighted by Gasteiger charge is 2.34. The predicted molar refractivity (Wildman–Crippen MR) is 97.8 cm³/mol. The van der Waals surface area contributed by atoms with E-state index in [2.05, 4.69) is 38.1 Å². The number of unbranched alkanes of at least 4 members (excludes halogenated alkanes) is 6. The molecule has 2 bridgehead atoms. The second kappa shape index (κ2) is 8.15. The van der Waals surface area contributed by atoms with Crippen LogP contribution in [0.5, 0.6) is 0 Å². The number of hydrogen-bond acceptors (Lipinski definition) is 1. The van der Waals surface area contributed by atoms with Gasteiger partial charge in [0.05, 0.1) is 0 Å². The minimum atomic E-state index is 0.235. The van der Waals surface area contributed by atoms with Gasteiger partial charge in [-0.3, -0.25) is 0 Å². The summed E-state index contributed by atoms with van der Waals surface area (Å²) in [5.41, 5.74) is 6.09. The van der Waals surface area contributed by atoms with Gasteiger partial charge in [-0.1, -0.05) is 76.7 Å². The van der Waals surface area contributed by atoms with Crippen molar-refractivity contribution in [1.29, 1.82) is 0 Å². The van der Waals surface area contributed by atoms with Crippen molar-refractivity contribution in [2.24, 2.45) is 0 Å². The topological polar surface area (TPSA) is 9.23 Å². The molecule has 0 saturated carbocycles. The summed E-state index contributed by atoms with van der Waals surface area (Å²) >= 11 is 0. The van der Waals surface area contributed by atoms with Gasteiger partial charge < -0.3 is 4.74 Å². The minimum Gasteiger partial charge on any atom is -0.357 e. The van der Waals surface area contributed by atoms with E-state index < -0.39 is 0 Å². The lowest BCUT2D eigenvalue weighted by Gasteiger charge is -2.16. The molecule has 0 N–H and O–H groups in total. The highest BCUT2D eigenvalue weighted by molar-refractivity contribution is 5.48. The molecule has 3 rings (SSSR count). The van der Waals surface area contributed by atoms with Gasteiger partial charge in [-0.05, 0) is 47.9 Å². The van der Waals surface area contributed by atoms with E-state index in [1.807, 2.05) is 0 Å². The monoisotopic (exact) mass is 312 g/mol. The fourth-order valence-electron chi connectivity index (χ4n) is 3.97. The Balaban J connectivity index is 1.71. The fourth-order valence-corrected chi connectivity index (χ4v) is 3.97. The van der Waals surface area contributed by atoms with E-state index in [0.29, 0.717) is 0 Å². The molecule has 1 aromatic rings. The molecule has 126 valence electrons. The van der Waals surface area contributed by atoms with E-state index in [1.165, 1.54) is 75.3 Å². The van der Waals surface area contributed by atoms with Crippen LogP contribution in [0.4, 0.5) is 0 Å². The van der Waals surface area contributed by atoms with Gasteiger partial charge in [0, 0.05) is 0 Å². The second-order valence-corrected chi connectivity index (χ2v) is 7.23. The van der Waals surface area contributed by atoms with E-state index in [9.17, 15) is 0 Å². The van der Waals surface area contributed by atoms with Crippen LogP contribution in [-0.2, 0) is 17.6 Å². The Labute approximate surface area is 142 Å². The molecule has 0 radical (unpaired) electrons. The standard InChI is InChI=1S/C22H32O/c1-3-5-7-9-11-17-15-19-20(22-14-13-21(19)23-22)16-18(17)12-10-8-6-4-2/h13-16,21-22H,3-12H2,1-2H3/t21-,22-/m1/s1. The molecule has 0 aliphatic carbocycles. The lowest BCUT2D eigenvalue weighted by Crippen LogP contribution is -2.02. The Bertz CT molecular complexity index is 496. The first-order valence-corrected chi connectivity index (χ1v) is 9.82. The summed E-state index contributed by atoms with van der Waals surface area (Å²) in [5, 5.41) is 0. The van der Waals surface area contributed by atoms with E-state index >= 15 is 0 Å². The quantitative estimate of drug-likeness (QED) is 0.348. The summed E-state index contributed by atoms with van der Waals surface area (Å²) in [4.78, 5) is 0. The normalized spacial score (nSPS) is 21.1. The summed E-state index contributed by atoms with van der Waals surface area (Å²) in [5.74, 6) is 0. The van der Waals surface area contributed by atoms with Crippen LogP contribution in [0.2, 0.25) is 0 Å². The van der Waals surface area contributed by atoms with Crippen molar-refractivity contribution in [3.05, 3.63) is 46.5 Å². The van der Waals surface area contributed by atoms with Crippen molar-refractivity contribution in [3.8, 4) is 0 Å². The summed E-state index contributed by atoms with van der Waals surface area (Å²) in [6.07, 6.45) is 18.2. The third kappa shape index (κ3) is 3.88. The molecular formula is C22H32O. The molecule has 0 unspecified atom stereocenters. The van der Waals surface area contributed by atoms with Gasteiger partial charge in [-0.15, -0.1) is 0 Å². The summed E-state index contributed by atoms with van der Waals surface area (Å²) in [6, 6.07) is 4.95. The molecule has 0 amide bonds. The van der Waals surface area contributed by atoms with E-state index in [4.69, 9.17) is 4.74 Å². The van der Waals surface area contributed by atoms with Crippen molar-refractivity contribution in [2.75, 3.05) is 0 Å². The van der Waals surface area contributed by atoms with Crippen molar-refractivity contribution >= 4 is 0 Å². The Hall–Kier alpha value is -1.08. The zero-order valence-corrected chi connectivity index (χ0v) is 14.9. The van der Waals surface area contributed by atoms with Crippen molar-refractivity contribution < 1.29 is 4.74 Å². The molecular weight excluding hydrogens is 280 g/mol. The summed E-state index contributed by atoms with van der Waals surface area (Å²) in [6.45, 7) is 4.57. The minimum absolute atomic E-state index is 0.235. The number of aryl methyl sites for hydroxylation is 2. The SMILES string of the molecule is CCCCCCc1cc2c(cc1CCCCCC)[C@H]1C=C[C@H]2O1. The molecule has 1 nitrogen and oxygen atoms in total. The molecule has 2 atom stereocenters. The van der Waals surface area contributed by atoms with Crippen molar-refractivity contribution in [1.82, 2.24) is 0 Å². The maximum atomic E-state index is 6.03. The van der Waals surface area contributed by atoms with Crippen molar-refractivity contribution in [2.45, 2.75) is 90.3 Å². The largest absolute Gasteiger partial charge is 0.357 e. The van der Waals surface area contributed by atoms with Gasteiger partial charge in [-0.25, -0.2) is 0 Å². The molecule has 0 aromatic heterocycles. The van der Waals surface area contributed by atoms with E-state index in [-0.39, 0.29) is 12.2 Å². The maximum Gasteiger partial charge on any atom is 0.102 e. The third-order valence-electron chi connectivity index (χ3n) is 5.37. The van der Waals surface area contributed by atoms with Gasteiger partial charge >= 0.3 is 0 Å². The molecule has 0 fully saturated rings. The van der Waals surface area contributed by atoms with Crippen LogP contribution in [0.1, 0.15) is 99.7 Å². The number of fused-ring (bicyclic) bond motifs is 5. The van der Waals surface area contributed by atoms with Gasteiger partial charge in [0.2, 0.25) is 0 Å². The van der Waals surface area contributed by atoms with E-state index in [1.54, 1.807) is 11.1 Å². The molecule has 0 spiro atoms. The number of benzene rings is 1. The van der Waals surface area contributed by atoms with Crippen LogP contribution < -0.4 is 0 Å². The van der Waals surface area contributed by atoms with Crippen LogP contribution in [0.3, 0.4) is 0 Å². The highest BCUT2D eigenvalue weighted by Crippen LogP contribution is 2.46. The lowest BCUT2D eigenvalue weighted by molar-refractivity contribution is 0.0878. The summed E-state index contributed by atoms with van der Waals surface area (Å²) < 4.78 is 6.03. The Morgan fingerprint density at radius 2 is 1.17 bits per heavy atom. The van der Waals surface area contributed by atoms with Gasteiger partial charge in [0.15, 0.2) is 0 Å². The molecule has 1 heteroatoms. The van der Waals surface area contributed by atoms with Crippen molar-refractivity contribution in [3.63, 3.8) is 0 Å². The molecule has 0 saturated heterocycles. The van der Waals surface area contributed by atoms with Gasteiger partial charge in [0.25, 0.3) is 0 Å². The zero-order chi connectivity index (χ0) is 16.1. The van der Waals surface area contributed by atoms with Crippen LogP contribution in [0, 0.1) is 0 Å². The van der Waals surface area contributed by atoms with Crippen LogP contribution in [0.25, 0.3) is 0 Å². The summed E-state index contributed by atoms with van der Waals surface area (Å²) in [7, 11) is 0. The maximum absolute atomic E-state index is 6.03. The average Bonchev–Trinajstić information content (AvgIpc) is 3.17. The molecule has 2 aliphatic heterocycles. The Kier molecular flexibility index (Phi) is 5.94. The number of ether oxygens (including phenoxy) is 1. The molecule has 2 heterocycles. The predicted octanol–water partition coefficient (Wildman–Crippen LogP) is 6.61. The third-order valence-corrected chi connectivity index (χ3v) is 5.37. The first-order chi connectivity index (χ1) is 11.3. The average molecular weight is 312 g/mol. The van der Waals surface area contributed by atoms with Gasteiger partial charge in [0.1, 0.15) is 12.2 Å².